The van der Waals surface area contributed by atoms with Gasteiger partial charge < -0.3 is 9.67 Å². The second-order valence-electron chi connectivity index (χ2n) is 8.43. The molecule has 0 aliphatic heterocycles. The molecule has 3 aromatic rings. The molecule has 0 spiro atoms. The molecule has 1 N–H and O–H groups in total. The van der Waals surface area contributed by atoms with E-state index in [4.69, 9.17) is 23.2 Å². The monoisotopic (exact) mass is 568 g/mol. The second kappa shape index (κ2) is 12.4. The zero-order valence-electron chi connectivity index (χ0n) is 19.6. The molecule has 2 aromatic carbocycles. The number of thioether (sulfide) groups is 1. The van der Waals surface area contributed by atoms with Crippen LogP contribution in [0.15, 0.2) is 71.8 Å². The number of nitrogens with zero attached hydrogens (tertiary/aromatic N) is 2. The molecule has 0 amide bonds. The van der Waals surface area contributed by atoms with Gasteiger partial charge >= 0.3 is 5.97 Å². The number of carboxylic acid groups (broad SMARTS) is 1. The number of hydrogen-bond donors (Lipinski definition) is 1. The number of rotatable bonds is 10. The standard InChI is InChI=1S/C26H25Cl2F2N2O2PS/c1-26(2,17-6-7-20(27)21(28)13-17)23-14-31-25(32(23)10-3-4-18(29)9-11-35)36-15-16-5-8-22(30)19(12-16)24(33)34/h3-9,12-14H,10-11,15,35H2,1-2H3,(H,33,34). The minimum absolute atomic E-state index is 0.336. The Kier molecular flexibility index (Phi) is 9.76. The summed E-state index contributed by atoms with van der Waals surface area (Å²) < 4.78 is 29.7. The second-order valence-corrected chi connectivity index (χ2v) is 10.7. The number of halogens is 4. The molecule has 36 heavy (non-hydrogen) atoms. The van der Waals surface area contributed by atoms with Gasteiger partial charge in [0.25, 0.3) is 0 Å². The van der Waals surface area contributed by atoms with E-state index in [2.05, 4.69) is 14.2 Å². The first kappa shape index (κ1) is 28.4. The van der Waals surface area contributed by atoms with Crippen molar-refractivity contribution in [2.24, 2.45) is 0 Å². The summed E-state index contributed by atoms with van der Waals surface area (Å²) in [5.41, 5.74) is 1.54. The lowest BCUT2D eigenvalue weighted by molar-refractivity contribution is 0.0691. The first-order valence-corrected chi connectivity index (χ1v) is 13.5. The first-order valence-electron chi connectivity index (χ1n) is 10.9. The van der Waals surface area contributed by atoms with Crippen molar-refractivity contribution in [1.29, 1.82) is 0 Å². The molecular formula is C26H25Cl2F2N2O2PS. The number of imidazole rings is 1. The quantitative estimate of drug-likeness (QED) is 0.153. The molecule has 0 fully saturated rings. The summed E-state index contributed by atoms with van der Waals surface area (Å²) in [6.45, 7) is 4.42. The molecule has 0 bridgehead atoms. The predicted octanol–water partition coefficient (Wildman–Crippen LogP) is 7.93. The maximum absolute atomic E-state index is 13.9. The number of carbonyl (C=O) groups is 1. The van der Waals surface area contributed by atoms with Crippen molar-refractivity contribution in [1.82, 2.24) is 9.55 Å². The van der Waals surface area contributed by atoms with Gasteiger partial charge in [-0.2, -0.15) is 0 Å². The summed E-state index contributed by atoms with van der Waals surface area (Å²) in [6, 6.07) is 9.48. The van der Waals surface area contributed by atoms with E-state index >= 15 is 0 Å². The lowest BCUT2D eigenvalue weighted by Gasteiger charge is -2.27. The van der Waals surface area contributed by atoms with Crippen LogP contribution in [-0.4, -0.2) is 26.8 Å². The number of hydrogen-bond acceptors (Lipinski definition) is 3. The highest BCUT2D eigenvalue weighted by atomic mass is 35.5. The Bertz CT molecular complexity index is 1330. The predicted molar refractivity (Wildman–Crippen MR) is 147 cm³/mol. The maximum Gasteiger partial charge on any atom is 0.338 e. The van der Waals surface area contributed by atoms with Crippen molar-refractivity contribution in [3.8, 4) is 0 Å². The molecule has 1 heterocycles. The fourth-order valence-corrected chi connectivity index (χ4v) is 5.06. The van der Waals surface area contributed by atoms with E-state index in [1.807, 2.05) is 30.5 Å². The van der Waals surface area contributed by atoms with E-state index in [-0.39, 0.29) is 11.4 Å². The first-order chi connectivity index (χ1) is 17.0. The summed E-state index contributed by atoms with van der Waals surface area (Å²) in [5, 5.41) is 10.8. The minimum Gasteiger partial charge on any atom is -0.478 e. The van der Waals surface area contributed by atoms with Gasteiger partial charge in [0.1, 0.15) is 11.6 Å². The van der Waals surface area contributed by atoms with Crippen molar-refractivity contribution in [2.45, 2.75) is 36.7 Å². The van der Waals surface area contributed by atoms with E-state index in [1.165, 1.54) is 30.0 Å². The summed E-state index contributed by atoms with van der Waals surface area (Å²) in [6.07, 6.45) is 6.86. The molecular weight excluding hydrogens is 544 g/mol. The van der Waals surface area contributed by atoms with Crippen molar-refractivity contribution >= 4 is 50.2 Å². The lowest BCUT2D eigenvalue weighted by Crippen LogP contribution is -2.23. The number of allylic oxidation sites excluding steroid dienone is 4. The lowest BCUT2D eigenvalue weighted by atomic mass is 9.81. The SMILES string of the molecule is CC(C)(c1ccc(Cl)c(Cl)c1)c1cnc(SCc2ccc(F)c(C(=O)O)c2)n1CC=CC(F)=CCP. The smallest absolute Gasteiger partial charge is 0.338 e. The average Bonchev–Trinajstić information content (AvgIpc) is 3.23. The van der Waals surface area contributed by atoms with Crippen LogP contribution in [0.3, 0.4) is 0 Å². The molecule has 0 aliphatic rings. The van der Waals surface area contributed by atoms with E-state index in [0.717, 1.165) is 17.3 Å². The van der Waals surface area contributed by atoms with Crippen LogP contribution in [0.4, 0.5) is 8.78 Å². The zero-order valence-corrected chi connectivity index (χ0v) is 23.1. The third-order valence-electron chi connectivity index (χ3n) is 5.61. The molecule has 0 saturated carbocycles. The molecule has 190 valence electrons. The highest BCUT2D eigenvalue weighted by Crippen LogP contribution is 2.37. The van der Waals surface area contributed by atoms with Gasteiger partial charge in [0.05, 0.1) is 21.8 Å². The highest BCUT2D eigenvalue weighted by Gasteiger charge is 2.29. The molecule has 1 aromatic heterocycles. The topological polar surface area (TPSA) is 55.1 Å². The average molecular weight is 569 g/mol. The summed E-state index contributed by atoms with van der Waals surface area (Å²) in [4.78, 5) is 15.9. The van der Waals surface area contributed by atoms with Crippen molar-refractivity contribution in [2.75, 3.05) is 6.16 Å². The molecule has 0 saturated heterocycles. The van der Waals surface area contributed by atoms with Gasteiger partial charge in [0.2, 0.25) is 0 Å². The van der Waals surface area contributed by atoms with E-state index in [0.29, 0.717) is 39.2 Å². The molecule has 1 unspecified atom stereocenters. The molecule has 0 radical (unpaired) electrons. The normalized spacial score (nSPS) is 12.5. The fourth-order valence-electron chi connectivity index (χ4n) is 3.61. The van der Waals surface area contributed by atoms with E-state index in [9.17, 15) is 18.7 Å². The van der Waals surface area contributed by atoms with Crippen molar-refractivity contribution in [3.63, 3.8) is 0 Å². The van der Waals surface area contributed by atoms with Crippen LogP contribution < -0.4 is 0 Å². The van der Waals surface area contributed by atoms with Gasteiger partial charge in [-0.25, -0.2) is 18.6 Å². The Balaban J connectivity index is 1.97. The van der Waals surface area contributed by atoms with E-state index < -0.39 is 17.2 Å². The fraction of sp³-hybridized carbons (Fsp3) is 0.231. The van der Waals surface area contributed by atoms with Crippen molar-refractivity contribution < 1.29 is 18.7 Å². The molecule has 1 atom stereocenters. The Labute approximate surface area is 225 Å². The summed E-state index contributed by atoms with van der Waals surface area (Å²) in [7, 11) is 2.45. The van der Waals surface area contributed by atoms with Crippen molar-refractivity contribution in [3.05, 3.63) is 105 Å². The molecule has 4 nitrogen and oxygen atoms in total. The maximum atomic E-state index is 13.9. The van der Waals surface area contributed by atoms with Crippen LogP contribution in [0.5, 0.6) is 0 Å². The minimum atomic E-state index is -1.32. The van der Waals surface area contributed by atoms with Crippen LogP contribution in [0.25, 0.3) is 0 Å². The van der Waals surface area contributed by atoms with Crippen LogP contribution in [0.1, 0.15) is 41.0 Å². The largest absolute Gasteiger partial charge is 0.478 e. The van der Waals surface area contributed by atoms with Gasteiger partial charge in [-0.1, -0.05) is 67.0 Å². The van der Waals surface area contributed by atoms with Gasteiger partial charge in [-0.15, -0.1) is 9.24 Å². The highest BCUT2D eigenvalue weighted by molar-refractivity contribution is 7.98. The number of aromatic nitrogens is 2. The third kappa shape index (κ3) is 6.77. The number of aromatic carboxylic acids is 1. The van der Waals surface area contributed by atoms with E-state index in [1.54, 1.807) is 24.4 Å². The van der Waals surface area contributed by atoms with Gasteiger partial charge in [0.15, 0.2) is 5.16 Å². The Morgan fingerprint density at radius 1 is 1.22 bits per heavy atom. The van der Waals surface area contributed by atoms with Crippen LogP contribution in [0, 0.1) is 5.82 Å². The van der Waals surface area contributed by atoms with Crippen LogP contribution in [0.2, 0.25) is 10.0 Å². The number of benzene rings is 2. The summed E-state index contributed by atoms with van der Waals surface area (Å²) in [5.74, 6) is -2.07. The zero-order chi connectivity index (χ0) is 26.5. The van der Waals surface area contributed by atoms with Gasteiger partial charge in [-0.3, -0.25) is 0 Å². The Morgan fingerprint density at radius 3 is 2.64 bits per heavy atom. The molecule has 10 heteroatoms. The molecule has 3 rings (SSSR count). The van der Waals surface area contributed by atoms with Crippen LogP contribution in [-0.2, 0) is 17.7 Å². The van der Waals surface area contributed by atoms with Gasteiger partial charge in [-0.05, 0) is 53.7 Å². The Morgan fingerprint density at radius 2 is 1.97 bits per heavy atom. The number of carboxylic acids is 1. The Hall–Kier alpha value is -2.18. The van der Waals surface area contributed by atoms with Crippen LogP contribution >= 0.6 is 44.2 Å². The summed E-state index contributed by atoms with van der Waals surface area (Å²) >= 11 is 13.8. The third-order valence-corrected chi connectivity index (χ3v) is 7.64. The molecule has 0 aliphatic carbocycles. The van der Waals surface area contributed by atoms with Gasteiger partial charge in [0, 0.05) is 23.4 Å².